The van der Waals surface area contributed by atoms with Crippen molar-refractivity contribution in [2.45, 2.75) is 64.3 Å². The van der Waals surface area contributed by atoms with Gasteiger partial charge >= 0.3 is 12.0 Å². The molecule has 19 heavy (non-hydrogen) atoms. The highest BCUT2D eigenvalue weighted by Crippen LogP contribution is 2.15. The van der Waals surface area contributed by atoms with Crippen LogP contribution in [0.25, 0.3) is 0 Å². The summed E-state index contributed by atoms with van der Waals surface area (Å²) in [6.07, 6.45) is 6.71. The van der Waals surface area contributed by atoms with Crippen molar-refractivity contribution in [3.63, 3.8) is 0 Å². The topological polar surface area (TPSA) is 69.6 Å². The van der Waals surface area contributed by atoms with E-state index in [2.05, 4.69) is 5.32 Å². The molecule has 2 N–H and O–H groups in total. The first-order chi connectivity index (χ1) is 8.99. The first kappa shape index (κ1) is 15.8. The van der Waals surface area contributed by atoms with Gasteiger partial charge in [0.25, 0.3) is 0 Å². The summed E-state index contributed by atoms with van der Waals surface area (Å²) in [7, 11) is 0. The van der Waals surface area contributed by atoms with Gasteiger partial charge in [0.1, 0.15) is 5.54 Å². The van der Waals surface area contributed by atoms with Gasteiger partial charge in [-0.2, -0.15) is 0 Å². The molecule has 110 valence electrons. The summed E-state index contributed by atoms with van der Waals surface area (Å²) in [5.41, 5.74) is -1.16. The number of carbonyl (C=O) groups excluding carboxylic acids is 1. The van der Waals surface area contributed by atoms with Gasteiger partial charge in [-0.05, 0) is 26.2 Å². The standard InChI is InChI=1S/C14H26N2O3/c1-3-9-14(2,12(17)18)15-13(19)16-10-7-5-4-6-8-11-16/h3-11H2,1-2H3,(H,15,19)(H,17,18). The largest absolute Gasteiger partial charge is 0.480 e. The normalized spacial score (nSPS) is 20.0. The summed E-state index contributed by atoms with van der Waals surface area (Å²) in [6.45, 7) is 4.96. The third-order valence-corrected chi connectivity index (χ3v) is 3.75. The summed E-state index contributed by atoms with van der Waals surface area (Å²) in [6, 6.07) is -0.236. The molecule has 0 aromatic rings. The van der Waals surface area contributed by atoms with Crippen LogP contribution in [0.5, 0.6) is 0 Å². The Morgan fingerprint density at radius 3 is 2.16 bits per heavy atom. The predicted molar refractivity (Wildman–Crippen MR) is 74.1 cm³/mol. The third kappa shape index (κ3) is 4.73. The molecule has 1 atom stereocenters. The van der Waals surface area contributed by atoms with Crippen molar-refractivity contribution in [1.82, 2.24) is 10.2 Å². The summed E-state index contributed by atoms with van der Waals surface area (Å²) in [5, 5.41) is 12.0. The molecule has 2 amide bonds. The number of carbonyl (C=O) groups is 2. The first-order valence-corrected chi connectivity index (χ1v) is 7.30. The summed E-state index contributed by atoms with van der Waals surface area (Å²) in [4.78, 5) is 25.3. The fourth-order valence-electron chi connectivity index (χ4n) is 2.49. The van der Waals surface area contributed by atoms with Gasteiger partial charge in [0, 0.05) is 13.1 Å². The van der Waals surface area contributed by atoms with Gasteiger partial charge in [-0.15, -0.1) is 0 Å². The lowest BCUT2D eigenvalue weighted by Gasteiger charge is -2.31. The second-order valence-corrected chi connectivity index (χ2v) is 5.57. The number of likely N-dealkylation sites (tertiary alicyclic amines) is 1. The Balaban J connectivity index is 2.61. The quantitative estimate of drug-likeness (QED) is 0.825. The van der Waals surface area contributed by atoms with E-state index in [1.807, 2.05) is 6.92 Å². The Labute approximate surface area is 115 Å². The number of hydrogen-bond donors (Lipinski definition) is 2. The van der Waals surface area contributed by atoms with Gasteiger partial charge in [0.2, 0.25) is 0 Å². The lowest BCUT2D eigenvalue weighted by Crippen LogP contribution is -2.56. The zero-order valence-electron chi connectivity index (χ0n) is 12.1. The van der Waals surface area contributed by atoms with Crippen molar-refractivity contribution in [1.29, 1.82) is 0 Å². The van der Waals surface area contributed by atoms with Crippen molar-refractivity contribution in [3.8, 4) is 0 Å². The van der Waals surface area contributed by atoms with Crippen LogP contribution in [0.1, 0.15) is 58.8 Å². The Morgan fingerprint density at radius 2 is 1.68 bits per heavy atom. The molecule has 1 aliphatic rings. The molecule has 0 spiro atoms. The zero-order valence-corrected chi connectivity index (χ0v) is 12.1. The lowest BCUT2D eigenvalue weighted by atomic mass is 9.96. The van der Waals surface area contributed by atoms with Gasteiger partial charge in [-0.25, -0.2) is 9.59 Å². The number of urea groups is 1. The van der Waals surface area contributed by atoms with Gasteiger partial charge in [0.05, 0.1) is 0 Å². The van der Waals surface area contributed by atoms with Crippen molar-refractivity contribution in [2.75, 3.05) is 13.1 Å². The van der Waals surface area contributed by atoms with E-state index >= 15 is 0 Å². The molecule has 0 radical (unpaired) electrons. The maximum absolute atomic E-state index is 12.2. The Hall–Kier alpha value is -1.26. The van der Waals surface area contributed by atoms with Gasteiger partial charge in [-0.3, -0.25) is 0 Å². The fraction of sp³-hybridized carbons (Fsp3) is 0.857. The van der Waals surface area contributed by atoms with Gasteiger partial charge < -0.3 is 15.3 Å². The highest BCUT2D eigenvalue weighted by molar-refractivity contribution is 5.85. The molecule has 1 aliphatic heterocycles. The van der Waals surface area contributed by atoms with E-state index in [-0.39, 0.29) is 6.03 Å². The number of amides is 2. The summed E-state index contributed by atoms with van der Waals surface area (Å²) in [5.74, 6) is -0.963. The molecule has 0 bridgehead atoms. The van der Waals surface area contributed by atoms with E-state index in [9.17, 15) is 14.7 Å². The Morgan fingerprint density at radius 1 is 1.16 bits per heavy atom. The lowest BCUT2D eigenvalue weighted by molar-refractivity contribution is -0.144. The molecule has 5 nitrogen and oxygen atoms in total. The molecule has 0 aromatic heterocycles. The molecule has 1 heterocycles. The minimum atomic E-state index is -1.16. The van der Waals surface area contributed by atoms with Crippen LogP contribution < -0.4 is 5.32 Å². The van der Waals surface area contributed by atoms with Gasteiger partial charge in [0.15, 0.2) is 0 Å². The molecule has 0 aromatic carbocycles. The number of carboxylic acids is 1. The Kier molecular flexibility index (Phi) is 6.12. The van der Waals surface area contributed by atoms with Crippen LogP contribution in [0, 0.1) is 0 Å². The minimum absolute atomic E-state index is 0.236. The third-order valence-electron chi connectivity index (χ3n) is 3.75. The summed E-state index contributed by atoms with van der Waals surface area (Å²) < 4.78 is 0. The van der Waals surface area contributed by atoms with Crippen LogP contribution in [0.4, 0.5) is 4.79 Å². The highest BCUT2D eigenvalue weighted by Gasteiger charge is 2.35. The van der Waals surface area contributed by atoms with E-state index in [1.165, 1.54) is 6.42 Å². The van der Waals surface area contributed by atoms with E-state index in [0.29, 0.717) is 6.42 Å². The average molecular weight is 270 g/mol. The van der Waals surface area contributed by atoms with Crippen molar-refractivity contribution in [2.24, 2.45) is 0 Å². The molecular weight excluding hydrogens is 244 g/mol. The van der Waals surface area contributed by atoms with E-state index in [4.69, 9.17) is 0 Å². The fourth-order valence-corrected chi connectivity index (χ4v) is 2.49. The van der Waals surface area contributed by atoms with E-state index in [0.717, 1.165) is 45.2 Å². The maximum atomic E-state index is 12.2. The van der Waals surface area contributed by atoms with Crippen LogP contribution in [0.15, 0.2) is 0 Å². The number of hydrogen-bond acceptors (Lipinski definition) is 2. The molecule has 0 saturated carbocycles. The molecule has 1 fully saturated rings. The number of nitrogens with one attached hydrogen (secondary N) is 1. The van der Waals surface area contributed by atoms with Gasteiger partial charge in [-0.1, -0.05) is 32.6 Å². The minimum Gasteiger partial charge on any atom is -0.480 e. The average Bonchev–Trinajstić information content (AvgIpc) is 2.27. The molecule has 1 rings (SSSR count). The SMILES string of the molecule is CCCC(C)(NC(=O)N1CCCCCCC1)C(=O)O. The van der Waals surface area contributed by atoms with Crippen molar-refractivity contribution in [3.05, 3.63) is 0 Å². The number of carboxylic acid groups (broad SMARTS) is 1. The van der Waals surface area contributed by atoms with Crippen molar-refractivity contribution >= 4 is 12.0 Å². The number of aliphatic carboxylic acids is 1. The summed E-state index contributed by atoms with van der Waals surface area (Å²) >= 11 is 0. The van der Waals surface area contributed by atoms with E-state index < -0.39 is 11.5 Å². The predicted octanol–water partition coefficient (Wildman–Crippen LogP) is 2.61. The van der Waals surface area contributed by atoms with Crippen LogP contribution in [0.3, 0.4) is 0 Å². The molecular formula is C14H26N2O3. The first-order valence-electron chi connectivity index (χ1n) is 7.30. The van der Waals surface area contributed by atoms with Crippen LogP contribution >= 0.6 is 0 Å². The number of rotatable bonds is 4. The molecule has 5 heteroatoms. The highest BCUT2D eigenvalue weighted by atomic mass is 16.4. The molecule has 1 saturated heterocycles. The molecule has 0 aliphatic carbocycles. The maximum Gasteiger partial charge on any atom is 0.329 e. The zero-order chi connectivity index (χ0) is 14.3. The number of nitrogens with zero attached hydrogens (tertiary/aromatic N) is 1. The Bertz CT molecular complexity index is 312. The molecule has 1 unspecified atom stereocenters. The smallest absolute Gasteiger partial charge is 0.329 e. The second-order valence-electron chi connectivity index (χ2n) is 5.57. The van der Waals surface area contributed by atoms with Crippen molar-refractivity contribution < 1.29 is 14.7 Å². The second kappa shape index (κ2) is 7.36. The van der Waals surface area contributed by atoms with Crippen LogP contribution in [-0.4, -0.2) is 40.6 Å². The van der Waals surface area contributed by atoms with E-state index in [1.54, 1.807) is 11.8 Å². The monoisotopic (exact) mass is 270 g/mol. The van der Waals surface area contributed by atoms with Crippen LogP contribution in [0.2, 0.25) is 0 Å². The van der Waals surface area contributed by atoms with Crippen LogP contribution in [-0.2, 0) is 4.79 Å².